The molecule has 0 unspecified atom stereocenters. The first-order chi connectivity index (χ1) is 48.6. The van der Waals surface area contributed by atoms with Crippen LogP contribution in [-0.2, 0) is 10.8 Å². The minimum absolute atomic E-state index is 0.578. The van der Waals surface area contributed by atoms with Crippen LogP contribution in [0.1, 0.15) is 331 Å². The van der Waals surface area contributed by atoms with Crippen molar-refractivity contribution in [2.24, 2.45) is 0 Å². The molecule has 6 heteroatoms. The number of ether oxygens (including phenoxy) is 4. The van der Waals surface area contributed by atoms with Gasteiger partial charge in [-0.15, -0.1) is 22.7 Å². The average Bonchev–Trinajstić information content (AvgIpc) is 1.49. The molecule has 0 saturated carbocycles. The summed E-state index contributed by atoms with van der Waals surface area (Å²) in [6.45, 7) is 12.2. The lowest BCUT2D eigenvalue weighted by molar-refractivity contribution is 0.304. The second kappa shape index (κ2) is 41.4. The maximum Gasteiger partial charge on any atom is 0.119 e. The van der Waals surface area contributed by atoms with Crippen molar-refractivity contribution in [3.05, 3.63) is 187 Å². The minimum Gasteiger partial charge on any atom is -0.494 e. The van der Waals surface area contributed by atoms with Crippen LogP contribution < -0.4 is 28.0 Å². The van der Waals surface area contributed by atoms with Gasteiger partial charge in [-0.25, -0.2) is 0 Å². The van der Waals surface area contributed by atoms with Gasteiger partial charge in [0.25, 0.3) is 0 Å². The van der Waals surface area contributed by atoms with Gasteiger partial charge < -0.3 is 18.9 Å². The third-order valence-electron chi connectivity index (χ3n) is 21.9. The summed E-state index contributed by atoms with van der Waals surface area (Å²) in [7, 11) is 0. The fourth-order valence-electron chi connectivity index (χ4n) is 16.4. The van der Waals surface area contributed by atoms with E-state index in [2.05, 4.69) is 161 Å². The molecule has 0 N–H and O–H groups in total. The SMILES string of the molecule is CCCCCCCCCCCCOc1ccc(C2(c3ccc(OCCCCCCCCCCCC)cc3)C3=CCC=CC3=c3sc4c5c(sc4c32)=C2C=CCC=C2C5(c2ccc(OCCCCCCCCCCCC)cc2)c2ccc(OCCCCCCCCCCCC)cc2)cc1. The Kier molecular flexibility index (Phi) is 31.7. The van der Waals surface area contributed by atoms with Gasteiger partial charge in [-0.1, -0.05) is 344 Å². The van der Waals surface area contributed by atoms with Crippen LogP contribution in [0.15, 0.2) is 145 Å². The van der Waals surface area contributed by atoms with Crippen LogP contribution in [0.25, 0.3) is 20.5 Å². The van der Waals surface area contributed by atoms with E-state index in [1.165, 1.54) is 305 Å². The van der Waals surface area contributed by atoms with E-state index >= 15 is 0 Å². The van der Waals surface area contributed by atoms with Crippen LogP contribution in [0, 0.1) is 0 Å². The molecule has 0 saturated heterocycles. The van der Waals surface area contributed by atoms with Crippen LogP contribution in [0.4, 0.5) is 0 Å². The highest BCUT2D eigenvalue weighted by Gasteiger charge is 2.53. The van der Waals surface area contributed by atoms with Gasteiger partial charge in [0, 0.05) is 20.2 Å². The van der Waals surface area contributed by atoms with Gasteiger partial charge in [-0.2, -0.15) is 0 Å². The van der Waals surface area contributed by atoms with E-state index in [0.717, 1.165) is 88.0 Å². The van der Waals surface area contributed by atoms with Crippen molar-refractivity contribution in [3.63, 3.8) is 0 Å². The molecule has 0 bridgehead atoms. The summed E-state index contributed by atoms with van der Waals surface area (Å²) in [6, 6.07) is 37.4. The highest BCUT2D eigenvalue weighted by Crippen LogP contribution is 2.60. The number of benzene rings is 4. The number of unbranched alkanes of at least 4 members (excludes halogenated alkanes) is 36. The van der Waals surface area contributed by atoms with Crippen molar-refractivity contribution in [1.82, 2.24) is 0 Å². The monoisotopic (exact) mass is 1360 g/mol. The summed E-state index contributed by atoms with van der Waals surface area (Å²) in [5, 5.41) is 0. The molecule has 10 rings (SSSR count). The zero-order valence-electron chi connectivity index (χ0n) is 61.7. The molecular formula is C92H126O4S2. The van der Waals surface area contributed by atoms with E-state index < -0.39 is 10.8 Å². The Labute approximate surface area is 603 Å². The van der Waals surface area contributed by atoms with Crippen molar-refractivity contribution in [3.8, 4) is 23.0 Å². The number of hydrogen-bond donors (Lipinski definition) is 0. The van der Waals surface area contributed by atoms with E-state index in [9.17, 15) is 0 Å². The molecular weight excluding hydrogens is 1230 g/mol. The Morgan fingerprint density at radius 1 is 0.276 bits per heavy atom. The van der Waals surface area contributed by atoms with Crippen LogP contribution in [-0.4, -0.2) is 26.4 Å². The fourth-order valence-corrected chi connectivity index (χ4v) is 19.6. The highest BCUT2D eigenvalue weighted by molar-refractivity contribution is 7.26. The van der Waals surface area contributed by atoms with Crippen LogP contribution in [0.3, 0.4) is 0 Å². The normalized spacial score (nSPS) is 14.8. The Morgan fingerprint density at radius 2 is 0.490 bits per heavy atom. The van der Waals surface area contributed by atoms with E-state index in [1.807, 2.05) is 22.7 Å². The lowest BCUT2D eigenvalue weighted by atomic mass is 9.65. The van der Waals surface area contributed by atoms with Crippen LogP contribution >= 0.6 is 22.7 Å². The smallest absolute Gasteiger partial charge is 0.119 e. The number of hydrogen-bond acceptors (Lipinski definition) is 6. The molecule has 6 aromatic rings. The summed E-state index contributed by atoms with van der Waals surface area (Å²) in [5.41, 5.74) is 12.3. The summed E-state index contributed by atoms with van der Waals surface area (Å²) in [5.74, 6) is 3.82. The van der Waals surface area contributed by atoms with E-state index in [4.69, 9.17) is 18.9 Å². The number of thiophene rings is 2. The van der Waals surface area contributed by atoms with Gasteiger partial charge in [0.2, 0.25) is 0 Å². The van der Waals surface area contributed by atoms with Gasteiger partial charge in [-0.3, -0.25) is 0 Å². The van der Waals surface area contributed by atoms with Gasteiger partial charge >= 0.3 is 0 Å². The lowest BCUT2D eigenvalue weighted by Crippen LogP contribution is -2.31. The van der Waals surface area contributed by atoms with Crippen molar-refractivity contribution >= 4 is 43.2 Å². The first-order valence-electron chi connectivity index (χ1n) is 40.6. The van der Waals surface area contributed by atoms with Gasteiger partial charge in [0.05, 0.1) is 46.7 Å². The molecule has 530 valence electrons. The zero-order valence-corrected chi connectivity index (χ0v) is 63.3. The van der Waals surface area contributed by atoms with Crippen molar-refractivity contribution in [1.29, 1.82) is 0 Å². The summed E-state index contributed by atoms with van der Waals surface area (Å²) in [6.07, 6.45) is 69.2. The Bertz CT molecular complexity index is 3160. The molecule has 4 aromatic carbocycles. The van der Waals surface area contributed by atoms with E-state index in [1.54, 1.807) is 0 Å². The molecule has 0 aliphatic heterocycles. The maximum absolute atomic E-state index is 6.62. The predicted molar refractivity (Wildman–Crippen MR) is 424 cm³/mol. The third-order valence-corrected chi connectivity index (χ3v) is 24.5. The predicted octanol–water partition coefficient (Wildman–Crippen LogP) is 26.9. The molecule has 0 spiro atoms. The van der Waals surface area contributed by atoms with Crippen molar-refractivity contribution in [2.75, 3.05) is 26.4 Å². The Balaban J connectivity index is 0.974. The topological polar surface area (TPSA) is 36.9 Å². The minimum atomic E-state index is -0.578. The first kappa shape index (κ1) is 75.1. The Morgan fingerprint density at radius 3 is 0.714 bits per heavy atom. The molecule has 4 nitrogen and oxygen atoms in total. The standard InChI is InChI=1S/C92H126O4S2/c1-5-9-13-17-21-25-29-33-37-45-69-93-77-61-53-73(54-62-77)91(74-55-63-78(64-56-74)94-70-46-38-34-30-26-22-18-14-10-6-2)83-51-43-41-49-81(83)87-85(91)89-90(97-87)86-88(98-89)82-50-42-44-52-84(82)92(86,75-57-65-79(66-58-75)95-71-47-39-35-31-27-23-19-15-11-7-3)76-59-67-80(68-60-76)96-72-48-40-36-32-28-24-20-16-12-8-4/h41-42,49-68H,5-40,43-48,69-72H2,1-4H3. The van der Waals surface area contributed by atoms with Crippen LogP contribution in [0.5, 0.6) is 23.0 Å². The second-order valence-corrected chi connectivity index (χ2v) is 31.4. The van der Waals surface area contributed by atoms with Gasteiger partial charge in [0.15, 0.2) is 0 Å². The van der Waals surface area contributed by atoms with Gasteiger partial charge in [0.1, 0.15) is 23.0 Å². The molecule has 2 heterocycles. The average molecular weight is 1360 g/mol. The van der Waals surface area contributed by atoms with Crippen molar-refractivity contribution < 1.29 is 18.9 Å². The summed E-state index contributed by atoms with van der Waals surface area (Å²) >= 11 is 4.08. The third kappa shape index (κ3) is 19.5. The number of fused-ring (bicyclic) bond motifs is 7. The van der Waals surface area contributed by atoms with E-state index in [-0.39, 0.29) is 0 Å². The highest BCUT2D eigenvalue weighted by atomic mass is 32.1. The number of rotatable bonds is 52. The molecule has 0 radical (unpaired) electrons. The molecule has 0 atom stereocenters. The lowest BCUT2D eigenvalue weighted by Gasteiger charge is -2.36. The van der Waals surface area contributed by atoms with Crippen LogP contribution in [0.2, 0.25) is 0 Å². The number of allylic oxidation sites excluding steroid dienone is 8. The molecule has 98 heavy (non-hydrogen) atoms. The quantitative estimate of drug-likeness (QED) is 0.0357. The first-order valence-corrected chi connectivity index (χ1v) is 42.2. The fraction of sp³-hybridized carbons (Fsp3) is 0.565. The summed E-state index contributed by atoms with van der Waals surface area (Å²) < 4.78 is 32.1. The maximum atomic E-state index is 6.62. The summed E-state index contributed by atoms with van der Waals surface area (Å²) in [4.78, 5) is 0. The molecule has 0 fully saturated rings. The Hall–Kier alpha value is -5.56. The molecule has 4 aliphatic rings. The second-order valence-electron chi connectivity index (χ2n) is 29.3. The van der Waals surface area contributed by atoms with Crippen molar-refractivity contribution in [2.45, 2.75) is 308 Å². The van der Waals surface area contributed by atoms with E-state index in [0.29, 0.717) is 0 Å². The molecule has 2 aromatic heterocycles. The molecule has 4 aliphatic carbocycles. The largest absolute Gasteiger partial charge is 0.494 e. The molecule has 0 amide bonds. The van der Waals surface area contributed by atoms with Gasteiger partial charge in [-0.05, 0) is 132 Å². The zero-order chi connectivity index (χ0) is 67.7.